The quantitative estimate of drug-likeness (QED) is 0.806. The zero-order chi connectivity index (χ0) is 17.5. The standard InChI is InChI=1S/C20H26N2O2/c1-5-19(16-8-12-18(24-4)13-9-16)21-15(3)20(23)22-17-10-6-14(2)7-11-17/h6-13,15,19,21H,5H2,1-4H3,(H,22,23)/t15-,19+/m0/s1. The molecule has 2 N–H and O–H groups in total. The Kier molecular flexibility index (Phi) is 6.38. The van der Waals surface area contributed by atoms with E-state index < -0.39 is 0 Å². The van der Waals surface area contributed by atoms with E-state index in [1.807, 2.05) is 62.4 Å². The SMILES string of the molecule is CC[C@@H](N[C@@H](C)C(=O)Nc1ccc(C)cc1)c1ccc(OC)cc1. The normalized spacial score (nSPS) is 13.2. The molecule has 0 unspecified atom stereocenters. The minimum Gasteiger partial charge on any atom is -0.497 e. The van der Waals surface area contributed by atoms with Gasteiger partial charge in [0, 0.05) is 11.7 Å². The maximum Gasteiger partial charge on any atom is 0.241 e. The molecule has 2 rings (SSSR count). The summed E-state index contributed by atoms with van der Waals surface area (Å²) in [6, 6.07) is 15.6. The highest BCUT2D eigenvalue weighted by Crippen LogP contribution is 2.21. The second kappa shape index (κ2) is 8.50. The van der Waals surface area contributed by atoms with Crippen molar-refractivity contribution in [3.8, 4) is 5.75 Å². The summed E-state index contributed by atoms with van der Waals surface area (Å²) < 4.78 is 5.19. The van der Waals surface area contributed by atoms with Gasteiger partial charge < -0.3 is 10.1 Å². The second-order valence-electron chi connectivity index (χ2n) is 5.98. The van der Waals surface area contributed by atoms with Crippen molar-refractivity contribution in [3.63, 3.8) is 0 Å². The summed E-state index contributed by atoms with van der Waals surface area (Å²) >= 11 is 0. The molecule has 0 aliphatic rings. The Morgan fingerprint density at radius 1 is 1.08 bits per heavy atom. The Morgan fingerprint density at radius 2 is 1.71 bits per heavy atom. The molecule has 0 saturated carbocycles. The molecule has 4 heteroatoms. The number of amides is 1. The van der Waals surface area contributed by atoms with Gasteiger partial charge in [0.15, 0.2) is 0 Å². The van der Waals surface area contributed by atoms with Crippen molar-refractivity contribution in [1.82, 2.24) is 5.32 Å². The third-order valence-electron chi connectivity index (χ3n) is 4.09. The highest BCUT2D eigenvalue weighted by Gasteiger charge is 2.18. The topological polar surface area (TPSA) is 50.4 Å². The molecule has 2 aromatic rings. The van der Waals surface area contributed by atoms with E-state index in [0.29, 0.717) is 0 Å². The van der Waals surface area contributed by atoms with Crippen LogP contribution in [0.3, 0.4) is 0 Å². The maximum absolute atomic E-state index is 12.4. The van der Waals surface area contributed by atoms with Gasteiger partial charge in [0.05, 0.1) is 13.2 Å². The molecule has 0 bridgehead atoms. The number of ether oxygens (including phenoxy) is 1. The van der Waals surface area contributed by atoms with E-state index in [9.17, 15) is 4.79 Å². The van der Waals surface area contributed by atoms with Gasteiger partial charge in [0.25, 0.3) is 0 Å². The molecule has 0 aliphatic carbocycles. The molecular formula is C20H26N2O2. The van der Waals surface area contributed by atoms with E-state index in [-0.39, 0.29) is 18.0 Å². The Balaban J connectivity index is 1.98. The smallest absolute Gasteiger partial charge is 0.241 e. The lowest BCUT2D eigenvalue weighted by Gasteiger charge is -2.22. The molecule has 128 valence electrons. The zero-order valence-electron chi connectivity index (χ0n) is 14.8. The third-order valence-corrected chi connectivity index (χ3v) is 4.09. The zero-order valence-corrected chi connectivity index (χ0v) is 14.8. The second-order valence-corrected chi connectivity index (χ2v) is 5.98. The molecule has 0 aliphatic heterocycles. The highest BCUT2D eigenvalue weighted by molar-refractivity contribution is 5.94. The first kappa shape index (κ1) is 18.0. The van der Waals surface area contributed by atoms with Crippen LogP contribution in [-0.4, -0.2) is 19.1 Å². The lowest BCUT2D eigenvalue weighted by molar-refractivity contribution is -0.118. The van der Waals surface area contributed by atoms with E-state index in [1.165, 1.54) is 5.56 Å². The number of anilines is 1. The lowest BCUT2D eigenvalue weighted by Crippen LogP contribution is -2.40. The predicted molar refractivity (Wildman–Crippen MR) is 98.4 cm³/mol. The molecule has 0 aromatic heterocycles. The van der Waals surface area contributed by atoms with Gasteiger partial charge in [-0.2, -0.15) is 0 Å². The maximum atomic E-state index is 12.4. The van der Waals surface area contributed by atoms with Crippen molar-refractivity contribution in [1.29, 1.82) is 0 Å². The summed E-state index contributed by atoms with van der Waals surface area (Å²) in [5.74, 6) is 0.796. The molecule has 24 heavy (non-hydrogen) atoms. The first-order chi connectivity index (χ1) is 11.5. The molecule has 1 amide bonds. The van der Waals surface area contributed by atoms with Gasteiger partial charge in [-0.25, -0.2) is 0 Å². The van der Waals surface area contributed by atoms with E-state index in [1.54, 1.807) is 7.11 Å². The number of benzene rings is 2. The van der Waals surface area contributed by atoms with Crippen molar-refractivity contribution < 1.29 is 9.53 Å². The fraction of sp³-hybridized carbons (Fsp3) is 0.350. The molecule has 0 spiro atoms. The van der Waals surface area contributed by atoms with E-state index in [0.717, 1.165) is 23.4 Å². The Hall–Kier alpha value is -2.33. The van der Waals surface area contributed by atoms with Gasteiger partial charge in [0.2, 0.25) is 5.91 Å². The van der Waals surface area contributed by atoms with Gasteiger partial charge in [0.1, 0.15) is 5.75 Å². The average Bonchev–Trinajstić information content (AvgIpc) is 2.61. The fourth-order valence-corrected chi connectivity index (χ4v) is 2.55. The van der Waals surface area contributed by atoms with Crippen molar-refractivity contribution in [2.24, 2.45) is 0 Å². The first-order valence-electron chi connectivity index (χ1n) is 8.31. The number of carbonyl (C=O) groups excluding carboxylic acids is 1. The summed E-state index contributed by atoms with van der Waals surface area (Å²) in [6.07, 6.45) is 0.897. The highest BCUT2D eigenvalue weighted by atomic mass is 16.5. The van der Waals surface area contributed by atoms with Crippen LogP contribution in [0.15, 0.2) is 48.5 Å². The summed E-state index contributed by atoms with van der Waals surface area (Å²) in [5, 5.41) is 6.35. The van der Waals surface area contributed by atoms with Crippen molar-refractivity contribution >= 4 is 11.6 Å². The molecule has 0 saturated heterocycles. The number of aryl methyl sites for hydroxylation is 1. The Labute approximate surface area is 144 Å². The van der Waals surface area contributed by atoms with E-state index >= 15 is 0 Å². The van der Waals surface area contributed by atoms with Crippen molar-refractivity contribution in [2.45, 2.75) is 39.3 Å². The minimum absolute atomic E-state index is 0.0363. The third kappa shape index (κ3) is 4.83. The van der Waals surface area contributed by atoms with Crippen LogP contribution in [0.1, 0.15) is 37.4 Å². The van der Waals surface area contributed by atoms with E-state index in [2.05, 4.69) is 17.6 Å². The number of carbonyl (C=O) groups is 1. The summed E-state index contributed by atoms with van der Waals surface area (Å²) in [4.78, 5) is 12.4. The van der Waals surface area contributed by atoms with Crippen LogP contribution in [-0.2, 0) is 4.79 Å². The Bertz CT molecular complexity index is 650. The average molecular weight is 326 g/mol. The number of nitrogens with one attached hydrogen (secondary N) is 2. The molecular weight excluding hydrogens is 300 g/mol. The fourth-order valence-electron chi connectivity index (χ4n) is 2.55. The molecule has 0 fully saturated rings. The predicted octanol–water partition coefficient (Wildman–Crippen LogP) is 4.07. The lowest BCUT2D eigenvalue weighted by atomic mass is 10.0. The summed E-state index contributed by atoms with van der Waals surface area (Å²) in [5.41, 5.74) is 3.13. The van der Waals surface area contributed by atoms with Crippen LogP contribution in [0.4, 0.5) is 5.69 Å². The monoisotopic (exact) mass is 326 g/mol. The van der Waals surface area contributed by atoms with Crippen LogP contribution in [0.5, 0.6) is 5.75 Å². The van der Waals surface area contributed by atoms with Gasteiger partial charge in [-0.05, 0) is 50.1 Å². The largest absolute Gasteiger partial charge is 0.497 e. The first-order valence-corrected chi connectivity index (χ1v) is 8.31. The van der Waals surface area contributed by atoms with Gasteiger partial charge >= 0.3 is 0 Å². The van der Waals surface area contributed by atoms with Gasteiger partial charge in [-0.1, -0.05) is 36.8 Å². The van der Waals surface area contributed by atoms with Crippen LogP contribution >= 0.6 is 0 Å². The number of hydrogen-bond acceptors (Lipinski definition) is 3. The van der Waals surface area contributed by atoms with Crippen LogP contribution in [0, 0.1) is 6.92 Å². The number of rotatable bonds is 7. The number of hydrogen-bond donors (Lipinski definition) is 2. The molecule has 4 nitrogen and oxygen atoms in total. The Morgan fingerprint density at radius 3 is 2.25 bits per heavy atom. The minimum atomic E-state index is -0.293. The van der Waals surface area contributed by atoms with Crippen LogP contribution in [0.25, 0.3) is 0 Å². The van der Waals surface area contributed by atoms with Crippen molar-refractivity contribution in [3.05, 3.63) is 59.7 Å². The van der Waals surface area contributed by atoms with Crippen LogP contribution < -0.4 is 15.4 Å². The van der Waals surface area contributed by atoms with E-state index in [4.69, 9.17) is 4.74 Å². The summed E-state index contributed by atoms with van der Waals surface area (Å²) in [7, 11) is 1.65. The summed E-state index contributed by atoms with van der Waals surface area (Å²) in [6.45, 7) is 6.01. The molecule has 2 aromatic carbocycles. The number of methoxy groups -OCH3 is 1. The van der Waals surface area contributed by atoms with Crippen LogP contribution in [0.2, 0.25) is 0 Å². The molecule has 0 heterocycles. The van der Waals surface area contributed by atoms with Gasteiger partial charge in [-0.3, -0.25) is 10.1 Å². The molecule has 0 radical (unpaired) electrons. The van der Waals surface area contributed by atoms with Crippen molar-refractivity contribution in [2.75, 3.05) is 12.4 Å². The van der Waals surface area contributed by atoms with Gasteiger partial charge in [-0.15, -0.1) is 0 Å². The molecule has 2 atom stereocenters.